The number of rotatable bonds is 3. The summed E-state index contributed by atoms with van der Waals surface area (Å²) in [5, 5.41) is 0.469. The molecule has 3 aromatic carbocycles. The fourth-order valence-corrected chi connectivity index (χ4v) is 4.66. The second-order valence-electron chi connectivity index (χ2n) is 7.49. The fourth-order valence-electron chi connectivity index (χ4n) is 4.28. The maximum absolute atomic E-state index is 13.8. The van der Waals surface area contributed by atoms with E-state index in [4.69, 9.17) is 23.2 Å². The van der Waals surface area contributed by atoms with Crippen LogP contribution in [0.5, 0.6) is 0 Å². The number of halogens is 2. The highest BCUT2D eigenvalue weighted by atomic mass is 35.5. The Hall–Kier alpha value is -3.08. The molecule has 2 aliphatic rings. The summed E-state index contributed by atoms with van der Waals surface area (Å²) in [5.41, 5.74) is 3.85. The number of nitrogens with zero attached hydrogens (tertiary/aromatic N) is 2. The van der Waals surface area contributed by atoms with Crippen LogP contribution in [0.3, 0.4) is 0 Å². The van der Waals surface area contributed by atoms with Crippen LogP contribution in [0.25, 0.3) is 5.57 Å². The molecule has 0 N–H and O–H groups in total. The number of imide groups is 1. The fraction of sp³-hybridized carbons (Fsp3) is 0.120. The van der Waals surface area contributed by atoms with Crippen LogP contribution >= 0.6 is 23.2 Å². The van der Waals surface area contributed by atoms with Gasteiger partial charge in [-0.3, -0.25) is 9.59 Å². The lowest BCUT2D eigenvalue weighted by Gasteiger charge is -2.32. The van der Waals surface area contributed by atoms with Gasteiger partial charge in [0.05, 0.1) is 21.3 Å². The molecule has 0 aromatic heterocycles. The summed E-state index contributed by atoms with van der Waals surface area (Å²) in [6.45, 7) is 0.652. The number of benzene rings is 3. The van der Waals surface area contributed by atoms with Gasteiger partial charge in [0.1, 0.15) is 5.70 Å². The summed E-state index contributed by atoms with van der Waals surface area (Å²) < 4.78 is 0. The first-order valence-electron chi connectivity index (χ1n) is 10.1. The van der Waals surface area contributed by atoms with Gasteiger partial charge in [-0.25, -0.2) is 4.90 Å². The van der Waals surface area contributed by atoms with Crippen molar-refractivity contribution in [1.82, 2.24) is 0 Å². The number of hydrogen-bond donors (Lipinski definition) is 0. The minimum absolute atomic E-state index is 0.179. The number of hydrogen-bond acceptors (Lipinski definition) is 3. The summed E-state index contributed by atoms with van der Waals surface area (Å²) in [5.74, 6) is -0.803. The molecule has 6 heteroatoms. The van der Waals surface area contributed by atoms with E-state index in [0.29, 0.717) is 23.4 Å². The van der Waals surface area contributed by atoms with E-state index in [-0.39, 0.29) is 15.7 Å². The normalized spacial score (nSPS) is 16.2. The molecule has 0 saturated heterocycles. The smallest absolute Gasteiger partial charge is 0.282 e. The molecule has 0 aliphatic carbocycles. The van der Waals surface area contributed by atoms with Gasteiger partial charge in [0.15, 0.2) is 0 Å². The van der Waals surface area contributed by atoms with Crippen LogP contribution in [0.1, 0.15) is 17.5 Å². The van der Waals surface area contributed by atoms with Crippen molar-refractivity contribution in [3.8, 4) is 0 Å². The third kappa shape index (κ3) is 3.23. The van der Waals surface area contributed by atoms with Crippen LogP contribution in [-0.2, 0) is 16.0 Å². The Labute approximate surface area is 190 Å². The van der Waals surface area contributed by atoms with Gasteiger partial charge < -0.3 is 4.90 Å². The summed E-state index contributed by atoms with van der Waals surface area (Å²) >= 11 is 12.6. The number of carbonyl (C=O) groups excluding carboxylic acids is 2. The van der Waals surface area contributed by atoms with Gasteiger partial charge in [-0.05, 0) is 42.2 Å². The molecule has 0 spiro atoms. The largest absolute Gasteiger partial charge is 0.336 e. The molecule has 0 radical (unpaired) electrons. The van der Waals surface area contributed by atoms with Crippen molar-refractivity contribution in [2.24, 2.45) is 0 Å². The maximum Gasteiger partial charge on any atom is 0.282 e. The number of aryl methyl sites for hydroxylation is 1. The zero-order valence-corrected chi connectivity index (χ0v) is 18.0. The van der Waals surface area contributed by atoms with E-state index in [1.807, 2.05) is 53.4 Å². The van der Waals surface area contributed by atoms with Gasteiger partial charge >= 0.3 is 0 Å². The molecular formula is C25H18Cl2N2O2. The zero-order valence-electron chi connectivity index (χ0n) is 16.5. The molecule has 0 fully saturated rings. The van der Waals surface area contributed by atoms with Crippen molar-refractivity contribution in [3.05, 3.63) is 99.7 Å². The van der Waals surface area contributed by atoms with Crippen LogP contribution in [0.2, 0.25) is 10.0 Å². The Balaban J connectivity index is 1.72. The van der Waals surface area contributed by atoms with Crippen molar-refractivity contribution in [2.45, 2.75) is 12.8 Å². The maximum atomic E-state index is 13.8. The van der Waals surface area contributed by atoms with Crippen LogP contribution in [0, 0.1) is 0 Å². The third-order valence-electron chi connectivity index (χ3n) is 5.67. The molecule has 0 saturated carbocycles. The van der Waals surface area contributed by atoms with Gasteiger partial charge in [0.25, 0.3) is 11.8 Å². The van der Waals surface area contributed by atoms with Gasteiger partial charge in [-0.15, -0.1) is 0 Å². The van der Waals surface area contributed by atoms with Gasteiger partial charge in [-0.1, -0.05) is 77.8 Å². The molecule has 154 valence electrons. The topological polar surface area (TPSA) is 40.6 Å². The average molecular weight is 449 g/mol. The Morgan fingerprint density at radius 2 is 1.45 bits per heavy atom. The van der Waals surface area contributed by atoms with E-state index in [9.17, 15) is 9.59 Å². The lowest BCUT2D eigenvalue weighted by atomic mass is 9.98. The Kier molecular flexibility index (Phi) is 5.05. The first kappa shape index (κ1) is 19.9. The lowest BCUT2D eigenvalue weighted by Crippen LogP contribution is -2.37. The minimum atomic E-state index is -0.404. The number of amides is 2. The second-order valence-corrected chi connectivity index (χ2v) is 8.28. The highest BCUT2D eigenvalue weighted by Crippen LogP contribution is 2.42. The highest BCUT2D eigenvalue weighted by Gasteiger charge is 2.44. The summed E-state index contributed by atoms with van der Waals surface area (Å²) in [4.78, 5) is 30.6. The molecule has 4 nitrogen and oxygen atoms in total. The molecule has 2 aliphatic heterocycles. The predicted molar refractivity (Wildman–Crippen MR) is 124 cm³/mol. The Bertz CT molecular complexity index is 1240. The number of anilines is 2. The molecule has 2 amide bonds. The van der Waals surface area contributed by atoms with E-state index < -0.39 is 11.8 Å². The van der Waals surface area contributed by atoms with Gasteiger partial charge in [0.2, 0.25) is 0 Å². The van der Waals surface area contributed by atoms with Crippen LogP contribution in [-0.4, -0.2) is 18.4 Å². The molecule has 5 rings (SSSR count). The van der Waals surface area contributed by atoms with Crippen LogP contribution in [0.4, 0.5) is 11.4 Å². The standard InChI is InChI=1S/C25H18Cl2N2O2/c26-18-12-6-14-20(22(18)27)29-24(30)21(17-9-2-1-3-10-17)23(25(29)31)28-15-7-11-16-8-4-5-13-19(16)28/h1-6,8-10,12-14H,7,11,15H2. The SMILES string of the molecule is O=C1C(c2ccccc2)=C(N2CCCc3ccccc32)C(=O)N1c1cccc(Cl)c1Cl. The van der Waals surface area contributed by atoms with Crippen molar-refractivity contribution in [1.29, 1.82) is 0 Å². The second kappa shape index (κ2) is 7.88. The van der Waals surface area contributed by atoms with Crippen molar-refractivity contribution in [2.75, 3.05) is 16.3 Å². The minimum Gasteiger partial charge on any atom is -0.336 e. The zero-order chi connectivity index (χ0) is 21.5. The van der Waals surface area contributed by atoms with Crippen LogP contribution < -0.4 is 9.80 Å². The van der Waals surface area contributed by atoms with Crippen LogP contribution in [0.15, 0.2) is 78.5 Å². The molecule has 2 heterocycles. The molecular weight excluding hydrogens is 431 g/mol. The predicted octanol–water partition coefficient (Wildman–Crippen LogP) is 5.73. The summed E-state index contributed by atoms with van der Waals surface area (Å²) in [7, 11) is 0. The molecule has 0 atom stereocenters. The number of carbonyl (C=O) groups is 2. The van der Waals surface area contributed by atoms with Crippen molar-refractivity contribution < 1.29 is 9.59 Å². The van der Waals surface area contributed by atoms with Gasteiger partial charge in [0, 0.05) is 12.2 Å². The van der Waals surface area contributed by atoms with E-state index in [0.717, 1.165) is 29.0 Å². The highest BCUT2D eigenvalue weighted by molar-refractivity contribution is 6.50. The first-order valence-corrected chi connectivity index (χ1v) is 10.8. The van der Waals surface area contributed by atoms with Crippen molar-refractivity contribution in [3.63, 3.8) is 0 Å². The Morgan fingerprint density at radius 3 is 2.26 bits per heavy atom. The summed E-state index contributed by atoms with van der Waals surface area (Å²) in [6, 6.07) is 22.3. The summed E-state index contributed by atoms with van der Waals surface area (Å²) in [6.07, 6.45) is 1.83. The van der Waals surface area contributed by atoms with E-state index in [2.05, 4.69) is 6.07 Å². The quantitative estimate of drug-likeness (QED) is 0.480. The molecule has 0 unspecified atom stereocenters. The van der Waals surface area contributed by atoms with E-state index in [1.165, 1.54) is 0 Å². The lowest BCUT2D eigenvalue weighted by molar-refractivity contribution is -0.120. The van der Waals surface area contributed by atoms with Gasteiger partial charge in [-0.2, -0.15) is 0 Å². The average Bonchev–Trinajstić information content (AvgIpc) is 3.06. The van der Waals surface area contributed by atoms with E-state index in [1.54, 1.807) is 18.2 Å². The molecule has 0 bridgehead atoms. The number of para-hydroxylation sites is 1. The first-order chi connectivity index (χ1) is 15.1. The number of fused-ring (bicyclic) bond motifs is 1. The monoisotopic (exact) mass is 448 g/mol. The Morgan fingerprint density at radius 1 is 0.742 bits per heavy atom. The molecule has 3 aromatic rings. The third-order valence-corrected chi connectivity index (χ3v) is 6.48. The van der Waals surface area contributed by atoms with E-state index >= 15 is 0 Å². The van der Waals surface area contributed by atoms with Crippen molar-refractivity contribution >= 4 is 52.0 Å². The molecule has 31 heavy (non-hydrogen) atoms.